The predicted octanol–water partition coefficient (Wildman–Crippen LogP) is 9.11. The van der Waals surface area contributed by atoms with E-state index in [0.717, 1.165) is 0 Å². The third kappa shape index (κ3) is 8.72. The van der Waals surface area contributed by atoms with Gasteiger partial charge in [-0.1, -0.05) is 78.6 Å². The van der Waals surface area contributed by atoms with Crippen LogP contribution in [0.5, 0.6) is 11.5 Å². The predicted molar refractivity (Wildman–Crippen MR) is 192 cm³/mol. The average molecular weight is 731 g/mol. The second-order valence-corrected chi connectivity index (χ2v) is 16.2. The van der Waals surface area contributed by atoms with Crippen LogP contribution >= 0.6 is 48.0 Å². The summed E-state index contributed by atoms with van der Waals surface area (Å²) in [7, 11) is 0. The third-order valence-corrected chi connectivity index (χ3v) is 9.71. The van der Waals surface area contributed by atoms with Gasteiger partial charge in [-0.05, 0) is 45.0 Å². The van der Waals surface area contributed by atoms with Gasteiger partial charge >= 0.3 is 6.09 Å². The van der Waals surface area contributed by atoms with Crippen molar-refractivity contribution in [3.05, 3.63) is 57.6 Å². The summed E-state index contributed by atoms with van der Waals surface area (Å²) >= 11 is 12.1. The number of hydrogen-bond donors (Lipinski definition) is 2. The molecule has 2 aromatic carbocycles. The average Bonchev–Trinajstić information content (AvgIpc) is 2.92. The number of amides is 1. The van der Waals surface area contributed by atoms with Gasteiger partial charge in [0.1, 0.15) is 41.4 Å². The summed E-state index contributed by atoms with van der Waals surface area (Å²) in [6.07, 6.45) is -0.540. The summed E-state index contributed by atoms with van der Waals surface area (Å²) in [5, 5.41) is 21.6. The van der Waals surface area contributed by atoms with Gasteiger partial charge in [-0.2, -0.15) is 10.5 Å². The molecule has 8 nitrogen and oxygen atoms in total. The molecule has 2 aromatic rings. The Kier molecular flexibility index (Phi) is 13.4. The number of nitrogens with two attached hydrogens (primary N) is 1. The first-order chi connectivity index (χ1) is 20.5. The lowest BCUT2D eigenvalue weighted by molar-refractivity contribution is -0.166. The zero-order valence-corrected chi connectivity index (χ0v) is 32.1. The second kappa shape index (κ2) is 14.9. The van der Waals surface area contributed by atoms with Crippen molar-refractivity contribution in [1.82, 2.24) is 5.32 Å². The molecule has 0 aromatic heterocycles. The number of carbonyl (C=O) groups is 1. The Bertz CT molecular complexity index is 1490. The summed E-state index contributed by atoms with van der Waals surface area (Å²) in [6.45, 7) is 22.2. The number of carbonyl (C=O) groups excluding carboxylic acids is 1. The maximum atomic E-state index is 12.2. The molecular weight excluding hydrogens is 682 g/mol. The number of alkyl carbamates (subject to hydrolysis) is 1. The van der Waals surface area contributed by atoms with Gasteiger partial charge in [0.05, 0.1) is 21.2 Å². The van der Waals surface area contributed by atoms with Crippen LogP contribution < -0.4 is 20.5 Å². The highest BCUT2D eigenvalue weighted by Gasteiger charge is 2.64. The molecule has 4 rings (SSSR count). The van der Waals surface area contributed by atoms with Gasteiger partial charge in [-0.25, -0.2) is 4.79 Å². The minimum Gasteiger partial charge on any atom is -0.489 e. The number of nitriles is 2. The van der Waals surface area contributed by atoms with Crippen LogP contribution in [-0.4, -0.2) is 36.0 Å². The van der Waals surface area contributed by atoms with E-state index in [4.69, 9.17) is 53.7 Å². The first kappa shape index (κ1) is 42.4. The van der Waals surface area contributed by atoms with Crippen LogP contribution in [0, 0.1) is 44.3 Å². The molecule has 0 aliphatic heterocycles. The van der Waals surface area contributed by atoms with Gasteiger partial charge in [-0.3, -0.25) is 0 Å². The van der Waals surface area contributed by atoms with E-state index >= 15 is 0 Å². The van der Waals surface area contributed by atoms with Crippen molar-refractivity contribution in [2.75, 3.05) is 0 Å². The Labute approximate surface area is 302 Å². The van der Waals surface area contributed by atoms with Crippen LogP contribution in [0.1, 0.15) is 87.3 Å². The van der Waals surface area contributed by atoms with Gasteiger partial charge in [0.2, 0.25) is 0 Å². The summed E-state index contributed by atoms with van der Waals surface area (Å²) in [5.74, 6) is 1.29. The molecule has 0 heterocycles. The largest absolute Gasteiger partial charge is 0.489 e. The summed E-state index contributed by atoms with van der Waals surface area (Å²) in [4.78, 5) is 12.2. The number of hydrogen-bond acceptors (Lipinski definition) is 7. The highest BCUT2D eigenvalue weighted by atomic mass is 35.5. The highest BCUT2D eigenvalue weighted by molar-refractivity contribution is 6.32. The lowest BCUT2D eigenvalue weighted by Gasteiger charge is -2.62. The highest BCUT2D eigenvalue weighted by Crippen LogP contribution is 2.56. The Balaban J connectivity index is 0.000000470. The molecule has 0 unspecified atom stereocenters. The van der Waals surface area contributed by atoms with Gasteiger partial charge in [0.15, 0.2) is 0 Å². The topological polar surface area (TPSA) is 130 Å². The maximum absolute atomic E-state index is 12.2. The zero-order chi connectivity index (χ0) is 34.3. The molecule has 2 aliphatic carbocycles. The van der Waals surface area contributed by atoms with E-state index in [1.54, 1.807) is 36.4 Å². The van der Waals surface area contributed by atoms with Crippen LogP contribution in [0.3, 0.4) is 0 Å². The molecule has 0 atom stereocenters. The summed E-state index contributed by atoms with van der Waals surface area (Å²) < 4.78 is 17.6. The van der Waals surface area contributed by atoms with Crippen molar-refractivity contribution in [3.8, 4) is 23.6 Å². The Morgan fingerprint density at radius 2 is 1.13 bits per heavy atom. The monoisotopic (exact) mass is 728 g/mol. The van der Waals surface area contributed by atoms with Gasteiger partial charge in [-0.15, -0.1) is 24.8 Å². The van der Waals surface area contributed by atoms with E-state index in [9.17, 15) is 4.79 Å². The molecule has 12 heteroatoms. The van der Waals surface area contributed by atoms with E-state index in [0.29, 0.717) is 32.7 Å². The Morgan fingerprint density at radius 1 is 0.766 bits per heavy atom. The molecule has 2 saturated carbocycles. The molecule has 0 spiro atoms. The van der Waals surface area contributed by atoms with Gasteiger partial charge < -0.3 is 25.3 Å². The molecule has 260 valence electrons. The van der Waals surface area contributed by atoms with Crippen LogP contribution in [-0.2, 0) is 4.74 Å². The first-order valence-electron chi connectivity index (χ1n) is 15.0. The molecule has 1 amide bonds. The van der Waals surface area contributed by atoms with Crippen LogP contribution in [0.15, 0.2) is 36.4 Å². The maximum Gasteiger partial charge on any atom is 0.407 e. The second-order valence-electron chi connectivity index (χ2n) is 15.3. The number of halogens is 4. The summed E-state index contributed by atoms with van der Waals surface area (Å²) in [6, 6.07) is 14.2. The van der Waals surface area contributed by atoms with Crippen molar-refractivity contribution in [2.24, 2.45) is 27.4 Å². The lowest BCUT2D eigenvalue weighted by atomic mass is 9.49. The zero-order valence-electron chi connectivity index (χ0n) is 29.0. The van der Waals surface area contributed by atoms with E-state index < -0.39 is 11.7 Å². The minimum absolute atomic E-state index is 0. The molecular formula is C35H48Cl4N4O4. The SMILES string of the molecule is CC(C)(C)OC(=O)NC1C(C)(C)C(Oc2ccc(C#N)c(Cl)c2)C1(C)C.CC1(C)C(N)C(C)(C)C1Oc1ccc(C#N)c(Cl)c1.Cl.Cl. The fraction of sp³-hybridized carbons (Fsp3) is 0.571. The fourth-order valence-corrected chi connectivity index (χ4v) is 7.69. The standard InChI is InChI=1S/C20H27ClN2O3.C15H19ClN2O.2ClH/c1-18(2,3)26-17(24)23-15-19(4,5)16(20(15,6)7)25-13-9-8-12(11-22)14(21)10-13;1-14(2)12(18)15(3,4)13(14)19-10-6-5-9(8-17)11(16)7-10;;/h8-10,15-16H,1-7H3,(H,23,24);5-7,12-13H,18H2,1-4H3;2*1H. The minimum atomic E-state index is -0.544. The van der Waals surface area contributed by atoms with Crippen molar-refractivity contribution in [3.63, 3.8) is 0 Å². The lowest BCUT2D eigenvalue weighted by Crippen LogP contribution is -2.74. The number of nitrogens with one attached hydrogen (secondary N) is 1. The van der Waals surface area contributed by atoms with E-state index in [2.05, 4.69) is 60.7 Å². The van der Waals surface area contributed by atoms with Crippen LogP contribution in [0.2, 0.25) is 10.0 Å². The smallest absolute Gasteiger partial charge is 0.407 e. The van der Waals surface area contributed by atoms with E-state index in [-0.39, 0.29) is 70.8 Å². The molecule has 2 fully saturated rings. The van der Waals surface area contributed by atoms with Crippen molar-refractivity contribution < 1.29 is 19.0 Å². The Morgan fingerprint density at radius 3 is 1.45 bits per heavy atom. The molecule has 0 bridgehead atoms. The van der Waals surface area contributed by atoms with E-state index in [1.807, 2.05) is 32.9 Å². The molecule has 3 N–H and O–H groups in total. The van der Waals surface area contributed by atoms with Gasteiger partial charge in [0, 0.05) is 45.9 Å². The molecule has 47 heavy (non-hydrogen) atoms. The fourth-order valence-electron chi connectivity index (χ4n) is 7.27. The molecule has 2 aliphatic rings. The Hall–Kier alpha value is -2.59. The molecule has 0 radical (unpaired) electrons. The quantitative estimate of drug-likeness (QED) is 0.314. The third-order valence-electron chi connectivity index (χ3n) is 9.09. The normalized spacial score (nSPS) is 23.9. The van der Waals surface area contributed by atoms with E-state index in [1.165, 1.54) is 0 Å². The van der Waals surface area contributed by atoms with Crippen molar-refractivity contribution in [2.45, 2.75) is 106 Å². The number of benzene rings is 2. The van der Waals surface area contributed by atoms with Crippen LogP contribution in [0.25, 0.3) is 0 Å². The first-order valence-corrected chi connectivity index (χ1v) is 15.7. The summed E-state index contributed by atoms with van der Waals surface area (Å²) in [5.41, 5.74) is 5.76. The van der Waals surface area contributed by atoms with Gasteiger partial charge in [0.25, 0.3) is 0 Å². The number of rotatable bonds is 5. The van der Waals surface area contributed by atoms with Crippen molar-refractivity contribution >= 4 is 54.1 Å². The van der Waals surface area contributed by atoms with Crippen LogP contribution in [0.4, 0.5) is 4.79 Å². The number of ether oxygens (including phenoxy) is 3. The van der Waals surface area contributed by atoms with Crippen molar-refractivity contribution in [1.29, 1.82) is 10.5 Å². The molecule has 0 saturated heterocycles. The number of nitrogens with zero attached hydrogens (tertiary/aromatic N) is 2.